The van der Waals surface area contributed by atoms with E-state index in [0.29, 0.717) is 12.0 Å². The number of pyridine rings is 1. The van der Waals surface area contributed by atoms with E-state index in [1.54, 1.807) is 6.26 Å². The van der Waals surface area contributed by atoms with Crippen LogP contribution in [0, 0.1) is 12.8 Å². The predicted molar refractivity (Wildman–Crippen MR) is 85.3 cm³/mol. The van der Waals surface area contributed by atoms with E-state index in [9.17, 15) is 0 Å². The van der Waals surface area contributed by atoms with Gasteiger partial charge in [0.15, 0.2) is 0 Å². The van der Waals surface area contributed by atoms with Gasteiger partial charge in [0.05, 0.1) is 5.69 Å². The lowest BCUT2D eigenvalue weighted by molar-refractivity contribution is 0.213. The molecule has 3 heterocycles. The molecule has 2 atom stereocenters. The van der Waals surface area contributed by atoms with E-state index >= 15 is 0 Å². The van der Waals surface area contributed by atoms with E-state index in [-0.39, 0.29) is 0 Å². The third kappa shape index (κ3) is 3.20. The Bertz CT molecular complexity index is 598. The lowest BCUT2D eigenvalue weighted by Gasteiger charge is -2.28. The normalized spacial score (nSPS) is 22.5. The van der Waals surface area contributed by atoms with Crippen LogP contribution in [0.5, 0.6) is 0 Å². The summed E-state index contributed by atoms with van der Waals surface area (Å²) >= 11 is 0. The molecule has 2 aromatic rings. The van der Waals surface area contributed by atoms with Crippen molar-refractivity contribution in [2.75, 3.05) is 27.2 Å². The summed E-state index contributed by atoms with van der Waals surface area (Å²) in [6, 6.07) is 4.68. The van der Waals surface area contributed by atoms with Crippen molar-refractivity contribution in [3.8, 4) is 0 Å². The Morgan fingerprint density at radius 3 is 3.00 bits per heavy atom. The van der Waals surface area contributed by atoms with Crippen molar-refractivity contribution in [2.24, 2.45) is 5.92 Å². The summed E-state index contributed by atoms with van der Waals surface area (Å²) in [6.07, 6.45) is 6.83. The molecule has 1 saturated heterocycles. The van der Waals surface area contributed by atoms with Gasteiger partial charge in [0.25, 0.3) is 0 Å². The molecule has 0 spiro atoms. The van der Waals surface area contributed by atoms with Gasteiger partial charge in [0.1, 0.15) is 6.26 Å². The summed E-state index contributed by atoms with van der Waals surface area (Å²) in [4.78, 5) is 9.10. The second kappa shape index (κ2) is 6.58. The largest absolute Gasteiger partial charge is 0.364 e. The average Bonchev–Trinajstić information content (AvgIpc) is 3.07. The number of nitrogens with zero attached hydrogens (tertiary/aromatic N) is 4. The lowest BCUT2D eigenvalue weighted by atomic mass is 9.94. The SMILES string of the molecule is Cc1nocc1CN(C)C[C@@H]1CCN(C)[C@H]1c1cccnc1. The maximum absolute atomic E-state index is 5.03. The van der Waals surface area contributed by atoms with E-state index in [1.165, 1.54) is 17.5 Å². The Morgan fingerprint density at radius 1 is 1.45 bits per heavy atom. The third-order valence-corrected chi connectivity index (χ3v) is 4.64. The monoisotopic (exact) mass is 300 g/mol. The molecule has 0 unspecified atom stereocenters. The van der Waals surface area contributed by atoms with Gasteiger partial charge in [-0.05, 0) is 51.5 Å². The van der Waals surface area contributed by atoms with Crippen molar-refractivity contribution in [1.29, 1.82) is 0 Å². The van der Waals surface area contributed by atoms with Crippen molar-refractivity contribution in [3.05, 3.63) is 47.6 Å². The Hall–Kier alpha value is -1.72. The number of aromatic nitrogens is 2. The van der Waals surface area contributed by atoms with E-state index in [2.05, 4.69) is 40.1 Å². The van der Waals surface area contributed by atoms with Crippen LogP contribution in [-0.2, 0) is 6.54 Å². The Labute approximate surface area is 131 Å². The molecule has 0 saturated carbocycles. The highest BCUT2D eigenvalue weighted by Gasteiger charge is 2.33. The molecule has 3 rings (SSSR count). The third-order valence-electron chi connectivity index (χ3n) is 4.64. The smallest absolute Gasteiger partial charge is 0.128 e. The first-order valence-corrected chi connectivity index (χ1v) is 7.83. The number of hydrogen-bond acceptors (Lipinski definition) is 5. The van der Waals surface area contributed by atoms with Gasteiger partial charge in [-0.2, -0.15) is 0 Å². The number of hydrogen-bond donors (Lipinski definition) is 0. The lowest BCUT2D eigenvalue weighted by Crippen LogP contribution is -2.30. The first kappa shape index (κ1) is 15.2. The van der Waals surface area contributed by atoms with Gasteiger partial charge < -0.3 is 9.42 Å². The standard InChI is InChI=1S/C17H24N4O/c1-13-16(12-22-19-13)11-20(2)10-15-6-8-21(3)17(15)14-5-4-7-18-9-14/h4-5,7,9,12,15,17H,6,8,10-11H2,1-3H3/t15-,17-/m0/s1. The summed E-state index contributed by atoms with van der Waals surface area (Å²) in [6.45, 7) is 5.09. The Morgan fingerprint density at radius 2 is 2.32 bits per heavy atom. The maximum Gasteiger partial charge on any atom is 0.128 e. The molecule has 22 heavy (non-hydrogen) atoms. The minimum atomic E-state index is 0.458. The summed E-state index contributed by atoms with van der Waals surface area (Å²) in [5.41, 5.74) is 3.48. The molecular formula is C17H24N4O. The van der Waals surface area contributed by atoms with Crippen LogP contribution in [0.15, 0.2) is 35.3 Å². The molecule has 0 aromatic carbocycles. The molecule has 0 radical (unpaired) electrons. The zero-order valence-corrected chi connectivity index (χ0v) is 13.6. The van der Waals surface area contributed by atoms with Crippen LogP contribution < -0.4 is 0 Å². The highest BCUT2D eigenvalue weighted by molar-refractivity contribution is 5.17. The van der Waals surface area contributed by atoms with Crippen molar-refractivity contribution in [3.63, 3.8) is 0 Å². The Balaban J connectivity index is 1.67. The molecule has 5 heteroatoms. The van der Waals surface area contributed by atoms with E-state index in [1.807, 2.05) is 25.4 Å². The highest BCUT2D eigenvalue weighted by Crippen LogP contribution is 2.36. The van der Waals surface area contributed by atoms with Crippen LogP contribution in [0.1, 0.15) is 29.3 Å². The molecule has 2 aromatic heterocycles. The maximum atomic E-state index is 5.03. The van der Waals surface area contributed by atoms with Crippen LogP contribution in [0.4, 0.5) is 0 Å². The molecule has 5 nitrogen and oxygen atoms in total. The molecular weight excluding hydrogens is 276 g/mol. The first-order valence-electron chi connectivity index (χ1n) is 7.83. The van der Waals surface area contributed by atoms with Gasteiger partial charge in [0.2, 0.25) is 0 Å². The fraction of sp³-hybridized carbons (Fsp3) is 0.529. The zero-order chi connectivity index (χ0) is 15.5. The summed E-state index contributed by atoms with van der Waals surface area (Å²) < 4.78 is 5.03. The fourth-order valence-corrected chi connectivity index (χ4v) is 3.52. The van der Waals surface area contributed by atoms with Crippen LogP contribution in [-0.4, -0.2) is 47.1 Å². The number of rotatable bonds is 5. The van der Waals surface area contributed by atoms with Crippen molar-refractivity contribution < 1.29 is 4.52 Å². The van der Waals surface area contributed by atoms with Gasteiger partial charge in [0, 0.05) is 37.1 Å². The van der Waals surface area contributed by atoms with Gasteiger partial charge in [-0.3, -0.25) is 9.88 Å². The fourth-order valence-electron chi connectivity index (χ4n) is 3.52. The van der Waals surface area contributed by atoms with Gasteiger partial charge in [-0.1, -0.05) is 11.2 Å². The molecule has 0 amide bonds. The van der Waals surface area contributed by atoms with E-state index in [4.69, 9.17) is 4.52 Å². The summed E-state index contributed by atoms with van der Waals surface area (Å²) in [5, 5.41) is 3.96. The van der Waals surface area contributed by atoms with Gasteiger partial charge in [-0.15, -0.1) is 0 Å². The van der Waals surface area contributed by atoms with Crippen LogP contribution in [0.2, 0.25) is 0 Å². The molecule has 0 N–H and O–H groups in total. The number of aryl methyl sites for hydroxylation is 1. The molecule has 0 aliphatic carbocycles. The summed E-state index contributed by atoms with van der Waals surface area (Å²) in [7, 11) is 4.38. The molecule has 0 bridgehead atoms. The van der Waals surface area contributed by atoms with Gasteiger partial charge >= 0.3 is 0 Å². The quantitative estimate of drug-likeness (QED) is 0.849. The molecule has 1 aliphatic rings. The predicted octanol–water partition coefficient (Wildman–Crippen LogP) is 2.50. The number of likely N-dealkylation sites (tertiary alicyclic amines) is 1. The Kier molecular flexibility index (Phi) is 4.55. The second-order valence-electron chi connectivity index (χ2n) is 6.38. The minimum absolute atomic E-state index is 0.458. The highest BCUT2D eigenvalue weighted by atomic mass is 16.5. The van der Waals surface area contributed by atoms with Crippen LogP contribution >= 0.6 is 0 Å². The second-order valence-corrected chi connectivity index (χ2v) is 6.38. The van der Waals surface area contributed by atoms with E-state index in [0.717, 1.165) is 25.3 Å². The van der Waals surface area contributed by atoms with Crippen LogP contribution in [0.3, 0.4) is 0 Å². The van der Waals surface area contributed by atoms with Gasteiger partial charge in [-0.25, -0.2) is 0 Å². The zero-order valence-electron chi connectivity index (χ0n) is 13.6. The molecule has 1 fully saturated rings. The van der Waals surface area contributed by atoms with Crippen molar-refractivity contribution >= 4 is 0 Å². The average molecular weight is 300 g/mol. The van der Waals surface area contributed by atoms with Crippen molar-refractivity contribution in [1.82, 2.24) is 19.9 Å². The van der Waals surface area contributed by atoms with E-state index < -0.39 is 0 Å². The molecule has 118 valence electrons. The first-order chi connectivity index (χ1) is 10.6. The minimum Gasteiger partial charge on any atom is -0.364 e. The summed E-state index contributed by atoms with van der Waals surface area (Å²) in [5.74, 6) is 0.624. The van der Waals surface area contributed by atoms with Crippen molar-refractivity contribution in [2.45, 2.75) is 25.9 Å². The molecule has 1 aliphatic heterocycles. The van der Waals surface area contributed by atoms with Crippen LogP contribution in [0.25, 0.3) is 0 Å². The topological polar surface area (TPSA) is 45.4 Å².